The molecule has 0 spiro atoms. The van der Waals surface area contributed by atoms with Gasteiger partial charge in [0.05, 0.1) is 27.7 Å². The normalized spacial score (nSPS) is 14.3. The van der Waals surface area contributed by atoms with Crippen molar-refractivity contribution in [2.75, 3.05) is 54.1 Å². The summed E-state index contributed by atoms with van der Waals surface area (Å²) in [5.41, 5.74) is -1.35. The van der Waals surface area contributed by atoms with Crippen molar-refractivity contribution in [3.63, 3.8) is 0 Å². The van der Waals surface area contributed by atoms with Crippen molar-refractivity contribution >= 4 is 19.8 Å². The number of unbranched alkanes of at least 4 members (excludes halogenated alkanes) is 22. The molecule has 0 rings (SSSR count). The van der Waals surface area contributed by atoms with Gasteiger partial charge in [0, 0.05) is 12.8 Å². The van der Waals surface area contributed by atoms with E-state index in [1.54, 1.807) is 13.8 Å². The maximum absolute atomic E-state index is 13.4. The highest BCUT2D eigenvalue weighted by molar-refractivity contribution is 7.48. The largest absolute Gasteiger partial charge is 0.475 e. The Kier molecular flexibility index (Phi) is 36.5. The summed E-state index contributed by atoms with van der Waals surface area (Å²) in [6.45, 7) is 8.24. The molecule has 0 amide bonds. The number of ether oxygens (including phenoxy) is 2. The molecule has 1 unspecified atom stereocenters. The molecule has 57 heavy (non-hydrogen) atoms. The Bertz CT molecular complexity index is 1060. The van der Waals surface area contributed by atoms with Crippen LogP contribution >= 0.6 is 7.82 Å². The summed E-state index contributed by atoms with van der Waals surface area (Å²) in [6.07, 6.45) is 40.6. The van der Waals surface area contributed by atoms with Gasteiger partial charge >= 0.3 is 19.8 Å². The molecule has 0 aliphatic rings. The average molecular weight is 829 g/mol. The summed E-state index contributed by atoms with van der Waals surface area (Å²) in [5, 5.41) is 0. The van der Waals surface area contributed by atoms with Gasteiger partial charge in [-0.2, -0.15) is 0 Å². The lowest BCUT2D eigenvalue weighted by molar-refractivity contribution is -0.870. The van der Waals surface area contributed by atoms with E-state index < -0.39 is 19.4 Å². The van der Waals surface area contributed by atoms with Crippen molar-refractivity contribution in [3.8, 4) is 0 Å². The average Bonchev–Trinajstić information content (AvgIpc) is 3.16. The van der Waals surface area contributed by atoms with E-state index in [1.807, 2.05) is 21.1 Å². The van der Waals surface area contributed by atoms with Gasteiger partial charge < -0.3 is 14.0 Å². The fourth-order valence-electron chi connectivity index (χ4n) is 6.32. The Hall–Kier alpha value is -1.51. The molecule has 0 fully saturated rings. The quantitative estimate of drug-likeness (QED) is 0.0197. The zero-order valence-corrected chi connectivity index (χ0v) is 39.2. The number of rotatable bonds is 42. The van der Waals surface area contributed by atoms with Gasteiger partial charge in [0.2, 0.25) is 0 Å². The number of carbonyl (C=O) groups excluding carboxylic acids is 2. The van der Waals surface area contributed by atoms with Gasteiger partial charge in [-0.15, -0.1) is 0 Å². The smallest absolute Gasteiger partial charge is 0.461 e. The monoisotopic (exact) mass is 829 g/mol. The zero-order chi connectivity index (χ0) is 42.4. The maximum atomic E-state index is 13.4. The molecule has 0 aliphatic heterocycles. The highest BCUT2D eigenvalue weighted by Gasteiger charge is 2.37. The standard InChI is InChI=1S/C47H91NO8P/c1-8-11-13-15-17-19-21-23-25-27-29-31-33-35-37-39-45(49)52-43-47(4,44-55-57(51,53-10-3)54-42-41-48(5,6)7)56-46(50)40-38-36-34-32-30-28-26-24-22-20-18-16-14-12-9-2/h23-26H,8-22,27-44H2,1-7H3/q+1/b25-23-,26-24-/t47-,57?/m1/s1. The van der Waals surface area contributed by atoms with Crippen LogP contribution in [0.15, 0.2) is 24.3 Å². The maximum Gasteiger partial charge on any atom is 0.475 e. The van der Waals surface area contributed by atoms with E-state index in [0.29, 0.717) is 23.9 Å². The number of allylic oxidation sites excluding steroid dienone is 4. The van der Waals surface area contributed by atoms with Gasteiger partial charge in [-0.1, -0.05) is 141 Å². The molecule has 0 radical (unpaired) electrons. The van der Waals surface area contributed by atoms with Crippen LogP contribution in [0, 0.1) is 0 Å². The Balaban J connectivity index is 4.71. The lowest BCUT2D eigenvalue weighted by Crippen LogP contribution is -2.42. The Labute approximate surface area is 352 Å². The van der Waals surface area contributed by atoms with Crippen molar-refractivity contribution in [1.29, 1.82) is 0 Å². The molecule has 336 valence electrons. The van der Waals surface area contributed by atoms with Crippen molar-refractivity contribution < 1.29 is 41.7 Å². The topological polar surface area (TPSA) is 97.4 Å². The molecule has 2 atom stereocenters. The van der Waals surface area contributed by atoms with Crippen LogP contribution in [0.2, 0.25) is 0 Å². The summed E-state index contributed by atoms with van der Waals surface area (Å²) in [5.74, 6) is -0.747. The van der Waals surface area contributed by atoms with Crippen LogP contribution in [0.25, 0.3) is 0 Å². The van der Waals surface area contributed by atoms with E-state index in [2.05, 4.69) is 38.2 Å². The second kappa shape index (κ2) is 37.5. The molecular weight excluding hydrogens is 737 g/mol. The number of hydrogen-bond acceptors (Lipinski definition) is 8. The molecule has 0 aromatic rings. The first-order valence-electron chi connectivity index (χ1n) is 23.4. The molecular formula is C47H91NO8P+. The van der Waals surface area contributed by atoms with Gasteiger partial charge in [-0.05, 0) is 78.1 Å². The number of phosphoric ester groups is 1. The highest BCUT2D eigenvalue weighted by Crippen LogP contribution is 2.50. The summed E-state index contributed by atoms with van der Waals surface area (Å²) in [7, 11) is 2.08. The molecule has 0 saturated carbocycles. The third-order valence-corrected chi connectivity index (χ3v) is 11.5. The van der Waals surface area contributed by atoms with Crippen LogP contribution in [-0.4, -0.2) is 76.1 Å². The second-order valence-electron chi connectivity index (χ2n) is 17.2. The van der Waals surface area contributed by atoms with Crippen molar-refractivity contribution in [2.24, 2.45) is 0 Å². The molecule has 0 saturated heterocycles. The number of esters is 2. The molecule has 0 N–H and O–H groups in total. The van der Waals surface area contributed by atoms with E-state index in [9.17, 15) is 14.2 Å². The first-order valence-corrected chi connectivity index (χ1v) is 24.9. The lowest BCUT2D eigenvalue weighted by Gasteiger charge is -2.30. The van der Waals surface area contributed by atoms with Crippen LogP contribution in [0.3, 0.4) is 0 Å². The molecule has 0 bridgehead atoms. The van der Waals surface area contributed by atoms with Crippen LogP contribution in [0.4, 0.5) is 0 Å². The second-order valence-corrected chi connectivity index (χ2v) is 18.9. The minimum absolute atomic E-state index is 0.124. The lowest BCUT2D eigenvalue weighted by atomic mass is 10.1. The fraction of sp³-hybridized carbons (Fsp3) is 0.872. The Morgan fingerprint density at radius 1 is 0.526 bits per heavy atom. The van der Waals surface area contributed by atoms with Gasteiger partial charge in [0.15, 0.2) is 5.60 Å². The molecule has 0 aliphatic carbocycles. The van der Waals surface area contributed by atoms with E-state index >= 15 is 0 Å². The van der Waals surface area contributed by atoms with Gasteiger partial charge in [0.25, 0.3) is 0 Å². The SMILES string of the molecule is CCCCCCCC/C=C\CCCCCCCC(=O)OC[C@](C)(COP(=O)(OCC)OCC[N+](C)(C)C)OC(=O)CCCCCCC/C=C\CCCCCCCC. The Morgan fingerprint density at radius 3 is 1.35 bits per heavy atom. The van der Waals surface area contributed by atoms with Gasteiger partial charge in [-0.25, -0.2) is 4.57 Å². The number of phosphoric acid groups is 1. The predicted molar refractivity (Wildman–Crippen MR) is 238 cm³/mol. The summed E-state index contributed by atoms with van der Waals surface area (Å²) < 4.78 is 42.3. The van der Waals surface area contributed by atoms with Crippen LogP contribution < -0.4 is 0 Å². The van der Waals surface area contributed by atoms with E-state index in [1.165, 1.54) is 96.3 Å². The number of carbonyl (C=O) groups is 2. The van der Waals surface area contributed by atoms with E-state index in [-0.39, 0.29) is 38.8 Å². The number of likely N-dealkylation sites (N-methyl/N-ethyl adjacent to an activating group) is 1. The fourth-order valence-corrected chi connectivity index (χ4v) is 7.60. The van der Waals surface area contributed by atoms with Crippen LogP contribution in [0.1, 0.15) is 207 Å². The van der Waals surface area contributed by atoms with Crippen molar-refractivity contribution in [1.82, 2.24) is 0 Å². The third-order valence-electron chi connectivity index (χ3n) is 10.0. The van der Waals surface area contributed by atoms with Gasteiger partial charge in [-0.3, -0.25) is 23.2 Å². The van der Waals surface area contributed by atoms with Crippen molar-refractivity contribution in [2.45, 2.75) is 213 Å². The number of nitrogens with zero attached hydrogens (tertiary/aromatic N) is 1. The molecule has 0 heterocycles. The van der Waals surface area contributed by atoms with Crippen LogP contribution in [0.5, 0.6) is 0 Å². The van der Waals surface area contributed by atoms with Crippen LogP contribution in [-0.2, 0) is 37.2 Å². The van der Waals surface area contributed by atoms with E-state index in [0.717, 1.165) is 64.2 Å². The minimum Gasteiger partial charge on any atom is -0.461 e. The summed E-state index contributed by atoms with van der Waals surface area (Å²) in [6, 6.07) is 0. The molecule has 0 aromatic heterocycles. The zero-order valence-electron chi connectivity index (χ0n) is 38.3. The van der Waals surface area contributed by atoms with E-state index in [4.69, 9.17) is 23.0 Å². The summed E-state index contributed by atoms with van der Waals surface area (Å²) in [4.78, 5) is 25.8. The first kappa shape index (κ1) is 55.5. The summed E-state index contributed by atoms with van der Waals surface area (Å²) >= 11 is 0. The number of quaternary nitrogens is 1. The first-order chi connectivity index (χ1) is 27.4. The third kappa shape index (κ3) is 38.4. The Morgan fingerprint density at radius 2 is 0.930 bits per heavy atom. The molecule has 9 nitrogen and oxygen atoms in total. The van der Waals surface area contributed by atoms with Crippen molar-refractivity contribution in [3.05, 3.63) is 24.3 Å². The molecule has 0 aromatic carbocycles. The minimum atomic E-state index is -3.94. The predicted octanol–water partition coefficient (Wildman–Crippen LogP) is 13.8. The molecule has 10 heteroatoms. The number of hydrogen-bond donors (Lipinski definition) is 0. The van der Waals surface area contributed by atoms with Gasteiger partial charge in [0.1, 0.15) is 26.4 Å². The highest BCUT2D eigenvalue weighted by atomic mass is 31.2.